The van der Waals surface area contributed by atoms with E-state index in [9.17, 15) is 4.79 Å². The Morgan fingerprint density at radius 2 is 2.11 bits per heavy atom. The number of rotatable bonds is 6. The van der Waals surface area contributed by atoms with Gasteiger partial charge in [0, 0.05) is 20.2 Å². The fourth-order valence-corrected chi connectivity index (χ4v) is 1.57. The van der Waals surface area contributed by atoms with Crippen LogP contribution < -0.4 is 0 Å². The third kappa shape index (κ3) is 3.75. The minimum Gasteiger partial charge on any atom is -0.395 e. The normalized spacial score (nSPS) is 10.4. The molecule has 0 aliphatic heterocycles. The van der Waals surface area contributed by atoms with Crippen molar-refractivity contribution in [2.24, 2.45) is 0 Å². The number of amides is 1. The molecule has 1 aromatic rings. The van der Waals surface area contributed by atoms with Crippen molar-refractivity contribution in [3.8, 4) is 0 Å². The van der Waals surface area contributed by atoms with Crippen LogP contribution in [-0.4, -0.2) is 59.5 Å². The first-order chi connectivity index (χ1) is 8.60. The Kier molecular flexibility index (Phi) is 5.67. The van der Waals surface area contributed by atoms with Gasteiger partial charge in [-0.1, -0.05) is 0 Å². The summed E-state index contributed by atoms with van der Waals surface area (Å²) in [7, 11) is 1.57. The van der Waals surface area contributed by atoms with E-state index in [0.29, 0.717) is 30.1 Å². The average Bonchev–Trinajstić information content (AvgIpc) is 2.36. The van der Waals surface area contributed by atoms with Crippen LogP contribution in [0.1, 0.15) is 21.7 Å². The summed E-state index contributed by atoms with van der Waals surface area (Å²) < 4.78 is 4.96. The Morgan fingerprint density at radius 1 is 1.39 bits per heavy atom. The summed E-state index contributed by atoms with van der Waals surface area (Å²) in [5.74, 6) is -0.156. The van der Waals surface area contributed by atoms with E-state index in [0.717, 1.165) is 0 Å². The lowest BCUT2D eigenvalue weighted by molar-refractivity contribution is 0.0655. The molecule has 0 atom stereocenters. The molecular formula is C12H19N3O3. The van der Waals surface area contributed by atoms with Crippen molar-refractivity contribution in [2.75, 3.05) is 33.4 Å². The number of aromatic nitrogens is 2. The Balaban J connectivity index is 2.90. The third-order valence-electron chi connectivity index (χ3n) is 2.55. The Hall–Kier alpha value is -1.53. The van der Waals surface area contributed by atoms with Gasteiger partial charge in [-0.25, -0.2) is 0 Å². The van der Waals surface area contributed by atoms with Crippen molar-refractivity contribution in [3.05, 3.63) is 23.0 Å². The monoisotopic (exact) mass is 253 g/mol. The van der Waals surface area contributed by atoms with E-state index in [1.54, 1.807) is 31.9 Å². The van der Waals surface area contributed by atoms with Crippen LogP contribution in [0.5, 0.6) is 0 Å². The Bertz CT molecular complexity index is 410. The van der Waals surface area contributed by atoms with Crippen molar-refractivity contribution in [3.63, 3.8) is 0 Å². The number of methoxy groups -OCH3 is 1. The van der Waals surface area contributed by atoms with Crippen LogP contribution in [0.25, 0.3) is 0 Å². The van der Waals surface area contributed by atoms with Gasteiger partial charge in [0.2, 0.25) is 0 Å². The van der Waals surface area contributed by atoms with Gasteiger partial charge in [-0.3, -0.25) is 4.79 Å². The highest BCUT2D eigenvalue weighted by molar-refractivity contribution is 5.95. The molecule has 18 heavy (non-hydrogen) atoms. The number of nitrogens with zero attached hydrogens (tertiary/aromatic N) is 3. The maximum atomic E-state index is 12.3. The second kappa shape index (κ2) is 7.03. The topological polar surface area (TPSA) is 75.6 Å². The van der Waals surface area contributed by atoms with E-state index in [4.69, 9.17) is 9.84 Å². The number of aliphatic hydroxyl groups excluding tert-OH is 1. The molecule has 1 heterocycles. The summed E-state index contributed by atoms with van der Waals surface area (Å²) in [6.07, 6.45) is 0. The highest BCUT2D eigenvalue weighted by Crippen LogP contribution is 2.09. The standard InChI is InChI=1S/C12H19N3O3/c1-9-8-11(10(2)14-13-9)12(17)15(4-6-16)5-7-18-3/h8,16H,4-7H2,1-3H3. The molecule has 1 N–H and O–H groups in total. The summed E-state index contributed by atoms with van der Waals surface area (Å²) in [5, 5.41) is 16.8. The third-order valence-corrected chi connectivity index (χ3v) is 2.55. The van der Waals surface area contributed by atoms with Gasteiger partial charge in [0.15, 0.2) is 0 Å². The Morgan fingerprint density at radius 3 is 2.72 bits per heavy atom. The quantitative estimate of drug-likeness (QED) is 0.782. The molecule has 0 radical (unpaired) electrons. The first-order valence-electron chi connectivity index (χ1n) is 5.80. The van der Waals surface area contributed by atoms with Gasteiger partial charge >= 0.3 is 0 Å². The minimum absolute atomic E-state index is 0.0774. The van der Waals surface area contributed by atoms with E-state index in [1.165, 1.54) is 0 Å². The molecule has 1 aromatic heterocycles. The SMILES string of the molecule is COCCN(CCO)C(=O)c1cc(C)nnc1C. The van der Waals surface area contributed by atoms with Crippen molar-refractivity contribution >= 4 is 5.91 Å². The molecule has 0 saturated heterocycles. The largest absolute Gasteiger partial charge is 0.395 e. The number of aryl methyl sites for hydroxylation is 2. The molecular weight excluding hydrogens is 234 g/mol. The van der Waals surface area contributed by atoms with Gasteiger partial charge in [-0.15, -0.1) is 0 Å². The molecule has 100 valence electrons. The van der Waals surface area contributed by atoms with Crippen LogP contribution in [0.3, 0.4) is 0 Å². The fraction of sp³-hybridized carbons (Fsp3) is 0.583. The van der Waals surface area contributed by atoms with E-state index in [2.05, 4.69) is 10.2 Å². The second-order valence-corrected chi connectivity index (χ2v) is 3.99. The van der Waals surface area contributed by atoms with Crippen molar-refractivity contribution in [1.29, 1.82) is 0 Å². The van der Waals surface area contributed by atoms with Crippen LogP contribution in [0.15, 0.2) is 6.07 Å². The number of hydrogen-bond acceptors (Lipinski definition) is 5. The van der Waals surface area contributed by atoms with Crippen molar-refractivity contribution in [1.82, 2.24) is 15.1 Å². The fourth-order valence-electron chi connectivity index (χ4n) is 1.57. The van der Waals surface area contributed by atoms with Gasteiger partial charge in [-0.2, -0.15) is 10.2 Å². The number of hydrogen-bond donors (Lipinski definition) is 1. The van der Waals surface area contributed by atoms with Gasteiger partial charge in [0.25, 0.3) is 5.91 Å². The maximum Gasteiger partial charge on any atom is 0.255 e. The maximum absolute atomic E-state index is 12.3. The first kappa shape index (κ1) is 14.5. The van der Waals surface area contributed by atoms with Crippen molar-refractivity contribution < 1.29 is 14.6 Å². The number of carbonyl (C=O) groups excluding carboxylic acids is 1. The molecule has 0 aromatic carbocycles. The van der Waals surface area contributed by atoms with Gasteiger partial charge in [-0.05, 0) is 19.9 Å². The molecule has 0 saturated carbocycles. The summed E-state index contributed by atoms with van der Waals surface area (Å²) in [6.45, 7) is 4.61. The van der Waals surface area contributed by atoms with E-state index < -0.39 is 0 Å². The first-order valence-corrected chi connectivity index (χ1v) is 5.80. The lowest BCUT2D eigenvalue weighted by atomic mass is 10.1. The predicted octanol–water partition coefficient (Wildman–Crippen LogP) is 0.174. The molecule has 0 unspecified atom stereocenters. The van der Waals surface area contributed by atoms with E-state index >= 15 is 0 Å². The summed E-state index contributed by atoms with van der Waals surface area (Å²) in [5.41, 5.74) is 1.80. The lowest BCUT2D eigenvalue weighted by Crippen LogP contribution is -2.36. The summed E-state index contributed by atoms with van der Waals surface area (Å²) in [6, 6.07) is 1.71. The van der Waals surface area contributed by atoms with Gasteiger partial charge < -0.3 is 14.7 Å². The molecule has 6 nitrogen and oxygen atoms in total. The van der Waals surface area contributed by atoms with Crippen LogP contribution in [0, 0.1) is 13.8 Å². The molecule has 0 spiro atoms. The van der Waals surface area contributed by atoms with Crippen molar-refractivity contribution in [2.45, 2.75) is 13.8 Å². The molecule has 1 rings (SSSR count). The smallest absolute Gasteiger partial charge is 0.255 e. The van der Waals surface area contributed by atoms with E-state index in [-0.39, 0.29) is 19.1 Å². The number of carbonyl (C=O) groups is 1. The zero-order valence-corrected chi connectivity index (χ0v) is 11.0. The number of ether oxygens (including phenoxy) is 1. The lowest BCUT2D eigenvalue weighted by Gasteiger charge is -2.22. The predicted molar refractivity (Wildman–Crippen MR) is 66.4 cm³/mol. The van der Waals surface area contributed by atoms with Crippen LogP contribution in [-0.2, 0) is 4.74 Å². The van der Waals surface area contributed by atoms with Gasteiger partial charge in [0.05, 0.1) is 30.2 Å². The minimum atomic E-state index is -0.156. The van der Waals surface area contributed by atoms with Crippen LogP contribution in [0.4, 0.5) is 0 Å². The van der Waals surface area contributed by atoms with Crippen LogP contribution >= 0.6 is 0 Å². The van der Waals surface area contributed by atoms with Gasteiger partial charge in [0.1, 0.15) is 0 Å². The zero-order chi connectivity index (χ0) is 13.5. The highest BCUT2D eigenvalue weighted by atomic mass is 16.5. The second-order valence-electron chi connectivity index (χ2n) is 3.99. The average molecular weight is 253 g/mol. The summed E-state index contributed by atoms with van der Waals surface area (Å²) >= 11 is 0. The molecule has 1 amide bonds. The molecule has 0 fully saturated rings. The molecule has 0 aliphatic rings. The zero-order valence-electron chi connectivity index (χ0n) is 11.0. The Labute approximate surface area is 107 Å². The highest BCUT2D eigenvalue weighted by Gasteiger charge is 2.18. The molecule has 0 aliphatic carbocycles. The van der Waals surface area contributed by atoms with Crippen LogP contribution in [0.2, 0.25) is 0 Å². The summed E-state index contributed by atoms with van der Waals surface area (Å²) in [4.78, 5) is 13.9. The number of aliphatic hydroxyl groups is 1. The van der Waals surface area contributed by atoms with E-state index in [1.807, 2.05) is 0 Å². The molecule has 0 bridgehead atoms. The molecule has 6 heteroatoms.